The zero-order valence-electron chi connectivity index (χ0n) is 4.54. The molecule has 1 N–H and O–H groups in total. The fourth-order valence-electron chi connectivity index (χ4n) is 0.341. The van der Waals surface area contributed by atoms with Crippen LogP contribution in [0.3, 0.4) is 0 Å². The Labute approximate surface area is 62.6 Å². The fraction of sp³-hybridized carbons (Fsp3) is 1.00. The molecule has 1 aliphatic heterocycles. The molecule has 0 amide bonds. The molecular formula is C4H10I2N-. The van der Waals surface area contributed by atoms with Gasteiger partial charge in [0.1, 0.15) is 0 Å². The standard InChI is InChI=1S/C4H10I2N/c1-4(5-2)6-3-7-6/h4,7H,3H2,1-2H3/q-1. The molecule has 0 aromatic heterocycles. The van der Waals surface area contributed by atoms with Gasteiger partial charge in [-0.2, -0.15) is 0 Å². The molecular weight excluding hydrogens is 316 g/mol. The van der Waals surface area contributed by atoms with Gasteiger partial charge in [0.25, 0.3) is 0 Å². The fourth-order valence-corrected chi connectivity index (χ4v) is 9.45. The number of rotatable bonds is 2. The van der Waals surface area contributed by atoms with Crippen molar-refractivity contribution in [2.75, 3.05) is 9.48 Å². The van der Waals surface area contributed by atoms with E-state index >= 15 is 0 Å². The number of hydrogen-bond acceptors (Lipinski definition) is 1. The zero-order chi connectivity index (χ0) is 5.28. The van der Waals surface area contributed by atoms with Crippen molar-refractivity contribution in [1.82, 2.24) is 3.53 Å². The second-order valence-corrected chi connectivity index (χ2v) is 12.6. The van der Waals surface area contributed by atoms with Crippen LogP contribution in [0.1, 0.15) is 6.92 Å². The molecule has 1 heterocycles. The summed E-state index contributed by atoms with van der Waals surface area (Å²) < 4.78 is 6.08. The molecule has 1 fully saturated rings. The van der Waals surface area contributed by atoms with Gasteiger partial charge in [-0.05, 0) is 0 Å². The first kappa shape index (κ1) is 6.54. The van der Waals surface area contributed by atoms with E-state index in [0.717, 1.165) is 0 Å². The molecule has 0 aromatic carbocycles. The first-order chi connectivity index (χ1) is 3.34. The maximum atomic E-state index is 3.47. The molecule has 1 atom stereocenters. The van der Waals surface area contributed by atoms with Gasteiger partial charge in [0, 0.05) is 0 Å². The molecule has 0 saturated carbocycles. The SMILES string of the molecule is C[I-]C(C)I1CN1. The third kappa shape index (κ3) is 2.01. The summed E-state index contributed by atoms with van der Waals surface area (Å²) in [6, 6.07) is 0. The van der Waals surface area contributed by atoms with Gasteiger partial charge < -0.3 is 0 Å². The van der Waals surface area contributed by atoms with Crippen LogP contribution in [0.5, 0.6) is 0 Å². The van der Waals surface area contributed by atoms with Crippen LogP contribution >= 0.6 is 20.1 Å². The Hall–Kier alpha value is 1.42. The van der Waals surface area contributed by atoms with Crippen LogP contribution in [-0.4, -0.2) is 11.4 Å². The molecule has 1 saturated heterocycles. The van der Waals surface area contributed by atoms with Crippen molar-refractivity contribution in [1.29, 1.82) is 0 Å². The average molecular weight is 326 g/mol. The molecule has 1 aliphatic rings. The van der Waals surface area contributed by atoms with Crippen LogP contribution in [0.4, 0.5) is 0 Å². The summed E-state index contributed by atoms with van der Waals surface area (Å²) in [5, 5.41) is 0. The third-order valence-corrected chi connectivity index (χ3v) is 13.4. The van der Waals surface area contributed by atoms with Crippen molar-refractivity contribution in [3.63, 3.8) is 0 Å². The van der Waals surface area contributed by atoms with Crippen molar-refractivity contribution in [2.45, 2.75) is 8.86 Å². The van der Waals surface area contributed by atoms with Crippen molar-refractivity contribution in [3.05, 3.63) is 0 Å². The Morgan fingerprint density at radius 3 is 2.57 bits per heavy atom. The average Bonchev–Trinajstić information content (AvgIpc) is 2.44. The summed E-state index contributed by atoms with van der Waals surface area (Å²) in [5.41, 5.74) is 0. The summed E-state index contributed by atoms with van der Waals surface area (Å²) in [5.74, 6) is 0. The van der Waals surface area contributed by atoms with Crippen molar-refractivity contribution < 1.29 is 21.2 Å². The predicted molar refractivity (Wildman–Crippen MR) is 37.4 cm³/mol. The molecule has 7 heavy (non-hydrogen) atoms. The monoisotopic (exact) mass is 326 g/mol. The van der Waals surface area contributed by atoms with E-state index in [1.807, 2.05) is 0 Å². The Balaban J connectivity index is 2.10. The minimum atomic E-state index is -0.360. The van der Waals surface area contributed by atoms with Gasteiger partial charge in [-0.25, -0.2) is 0 Å². The molecule has 0 aromatic rings. The van der Waals surface area contributed by atoms with Gasteiger partial charge >= 0.3 is 63.2 Å². The topological polar surface area (TPSA) is 21.9 Å². The summed E-state index contributed by atoms with van der Waals surface area (Å²) in [6.07, 6.45) is 0. The molecule has 0 aliphatic carbocycles. The van der Waals surface area contributed by atoms with E-state index in [0.29, 0.717) is 21.2 Å². The van der Waals surface area contributed by atoms with Gasteiger partial charge in [-0.3, -0.25) is 0 Å². The normalized spacial score (nSPS) is 28.0. The molecule has 1 unspecified atom stereocenters. The van der Waals surface area contributed by atoms with E-state index in [4.69, 9.17) is 0 Å². The third-order valence-electron chi connectivity index (χ3n) is 0.952. The summed E-state index contributed by atoms with van der Waals surface area (Å²) in [4.78, 5) is 2.39. The summed E-state index contributed by atoms with van der Waals surface area (Å²) in [6.45, 7) is 2.41. The number of alkyl halides is 4. The molecule has 3 heteroatoms. The Kier molecular flexibility index (Phi) is 2.63. The minimum absolute atomic E-state index is 0.360. The van der Waals surface area contributed by atoms with E-state index in [1.165, 1.54) is 6.48 Å². The molecule has 1 rings (SSSR count). The molecule has 0 spiro atoms. The van der Waals surface area contributed by atoms with Crippen molar-refractivity contribution in [3.8, 4) is 0 Å². The number of halogens is 2. The van der Waals surface area contributed by atoms with Crippen LogP contribution in [0.15, 0.2) is 0 Å². The van der Waals surface area contributed by atoms with Gasteiger partial charge in [-0.1, -0.05) is 0 Å². The van der Waals surface area contributed by atoms with Crippen LogP contribution in [0, 0.1) is 0 Å². The van der Waals surface area contributed by atoms with Crippen molar-refractivity contribution >= 4 is 20.1 Å². The Morgan fingerprint density at radius 1 is 1.86 bits per heavy atom. The van der Waals surface area contributed by atoms with E-state index in [2.05, 4.69) is 15.4 Å². The predicted octanol–water partition coefficient (Wildman–Crippen LogP) is -1.97. The molecule has 46 valence electrons. The van der Waals surface area contributed by atoms with Gasteiger partial charge in [-0.15, -0.1) is 0 Å². The van der Waals surface area contributed by atoms with Crippen LogP contribution in [0.2, 0.25) is 0 Å². The molecule has 0 radical (unpaired) electrons. The first-order valence-corrected chi connectivity index (χ1v) is 9.45. The molecule has 1 nitrogen and oxygen atoms in total. The van der Waals surface area contributed by atoms with E-state index in [-0.39, 0.29) is 20.1 Å². The number of hydrogen-bond donors (Lipinski definition) is 1. The van der Waals surface area contributed by atoms with Crippen LogP contribution in [-0.2, 0) is 0 Å². The Bertz CT molecular complexity index is 62.7. The van der Waals surface area contributed by atoms with E-state index < -0.39 is 0 Å². The second-order valence-electron chi connectivity index (χ2n) is 1.40. The summed E-state index contributed by atoms with van der Waals surface area (Å²) >= 11 is 0.214. The maximum absolute atomic E-state index is 3.47. The van der Waals surface area contributed by atoms with Crippen molar-refractivity contribution in [2.24, 2.45) is 0 Å². The quantitative estimate of drug-likeness (QED) is 0.206. The first-order valence-electron chi connectivity index (χ1n) is 2.20. The number of nitrogens with one attached hydrogen (secondary N) is 1. The second kappa shape index (κ2) is 2.82. The summed E-state index contributed by atoms with van der Waals surface area (Å²) in [7, 11) is 0. The van der Waals surface area contributed by atoms with E-state index in [1.54, 1.807) is 0 Å². The van der Waals surface area contributed by atoms with Gasteiger partial charge in [0.05, 0.1) is 0 Å². The zero-order valence-corrected chi connectivity index (χ0v) is 8.86. The Morgan fingerprint density at radius 2 is 2.43 bits per heavy atom. The molecule has 0 bridgehead atoms. The van der Waals surface area contributed by atoms with Crippen LogP contribution < -0.4 is 24.7 Å². The van der Waals surface area contributed by atoms with Crippen LogP contribution in [0.25, 0.3) is 0 Å². The van der Waals surface area contributed by atoms with Gasteiger partial charge in [0.2, 0.25) is 0 Å². The van der Waals surface area contributed by atoms with E-state index in [9.17, 15) is 0 Å². The van der Waals surface area contributed by atoms with Gasteiger partial charge in [0.15, 0.2) is 0 Å².